The SMILES string of the molecule is O=C(CN1Cc2c(ccc(F)c2F)NC1=O)N[C@@H]1CCc2cc(Br)cnc21. The minimum absolute atomic E-state index is 0.0279. The number of fused-ring (bicyclic) bond motifs is 2. The zero-order valence-corrected chi connectivity index (χ0v) is 15.6. The van der Waals surface area contributed by atoms with E-state index in [1.807, 2.05) is 6.07 Å². The summed E-state index contributed by atoms with van der Waals surface area (Å²) < 4.78 is 28.3. The Morgan fingerprint density at radius 1 is 1.41 bits per heavy atom. The van der Waals surface area contributed by atoms with Crippen molar-refractivity contribution < 1.29 is 18.4 Å². The highest BCUT2D eigenvalue weighted by molar-refractivity contribution is 9.10. The number of hydrogen-bond acceptors (Lipinski definition) is 3. The van der Waals surface area contributed by atoms with Crippen LogP contribution in [0.15, 0.2) is 28.9 Å². The van der Waals surface area contributed by atoms with Crippen LogP contribution in [0.2, 0.25) is 0 Å². The number of aromatic nitrogens is 1. The Labute approximate surface area is 162 Å². The molecule has 27 heavy (non-hydrogen) atoms. The van der Waals surface area contributed by atoms with Gasteiger partial charge in [0.05, 0.1) is 24.0 Å². The molecular weight excluding hydrogens is 422 g/mol. The Morgan fingerprint density at radius 2 is 2.22 bits per heavy atom. The molecule has 3 amide bonds. The van der Waals surface area contributed by atoms with Crippen molar-refractivity contribution >= 4 is 33.6 Å². The lowest BCUT2D eigenvalue weighted by Gasteiger charge is -2.29. The largest absolute Gasteiger partial charge is 0.346 e. The van der Waals surface area contributed by atoms with Gasteiger partial charge in [0.2, 0.25) is 5.91 Å². The van der Waals surface area contributed by atoms with Crippen molar-refractivity contribution in [3.05, 3.63) is 57.3 Å². The molecule has 0 saturated heterocycles. The fourth-order valence-electron chi connectivity index (χ4n) is 3.45. The van der Waals surface area contributed by atoms with Gasteiger partial charge >= 0.3 is 6.03 Å². The van der Waals surface area contributed by atoms with E-state index in [-0.39, 0.29) is 36.3 Å². The molecule has 0 spiro atoms. The lowest BCUT2D eigenvalue weighted by molar-refractivity contribution is -0.122. The van der Waals surface area contributed by atoms with Crippen LogP contribution in [0.1, 0.15) is 29.3 Å². The number of pyridine rings is 1. The molecule has 2 aliphatic rings. The molecule has 0 unspecified atom stereocenters. The standard InChI is InChI=1S/C18H15BrF2N4O2/c19-10-5-9-1-3-14(17(9)22-6-10)23-15(26)8-25-7-11-13(24-18(25)27)4-2-12(20)16(11)21/h2,4-6,14H,1,3,7-8H2,(H,23,26)(H,24,27)/t14-/m1/s1. The zero-order chi connectivity index (χ0) is 19.1. The van der Waals surface area contributed by atoms with Gasteiger partial charge in [0, 0.05) is 16.2 Å². The Hall–Kier alpha value is -2.55. The van der Waals surface area contributed by atoms with Crippen molar-refractivity contribution in [2.75, 3.05) is 11.9 Å². The third kappa shape index (κ3) is 3.39. The third-order valence-electron chi connectivity index (χ3n) is 4.74. The van der Waals surface area contributed by atoms with Gasteiger partial charge in [-0.25, -0.2) is 13.6 Å². The van der Waals surface area contributed by atoms with E-state index in [1.165, 1.54) is 6.07 Å². The van der Waals surface area contributed by atoms with Crippen LogP contribution >= 0.6 is 15.9 Å². The number of halogens is 3. The second-order valence-corrected chi connectivity index (χ2v) is 7.45. The van der Waals surface area contributed by atoms with Crippen molar-refractivity contribution in [2.45, 2.75) is 25.4 Å². The molecule has 9 heteroatoms. The number of benzene rings is 1. The van der Waals surface area contributed by atoms with Gasteiger partial charge in [-0.05, 0) is 52.5 Å². The fraction of sp³-hybridized carbons (Fsp3) is 0.278. The van der Waals surface area contributed by atoms with Gasteiger partial charge in [0.15, 0.2) is 11.6 Å². The highest BCUT2D eigenvalue weighted by Crippen LogP contribution is 2.31. The lowest BCUT2D eigenvalue weighted by atomic mass is 10.1. The molecule has 0 bridgehead atoms. The van der Waals surface area contributed by atoms with Gasteiger partial charge in [0.1, 0.15) is 6.54 Å². The molecule has 2 heterocycles. The molecular formula is C18H15BrF2N4O2. The van der Waals surface area contributed by atoms with E-state index < -0.39 is 17.7 Å². The molecule has 1 aliphatic heterocycles. The first-order valence-electron chi connectivity index (χ1n) is 8.39. The second-order valence-electron chi connectivity index (χ2n) is 6.53. The van der Waals surface area contributed by atoms with Crippen LogP contribution in [-0.2, 0) is 17.8 Å². The Balaban J connectivity index is 1.45. The Morgan fingerprint density at radius 3 is 3.04 bits per heavy atom. The number of rotatable bonds is 3. The first kappa shape index (κ1) is 17.8. The number of carbonyl (C=O) groups excluding carboxylic acids is 2. The number of hydrogen-bond donors (Lipinski definition) is 2. The topological polar surface area (TPSA) is 74.3 Å². The number of urea groups is 1. The average Bonchev–Trinajstić information content (AvgIpc) is 3.01. The van der Waals surface area contributed by atoms with Crippen LogP contribution in [-0.4, -0.2) is 28.4 Å². The van der Waals surface area contributed by atoms with Crippen LogP contribution < -0.4 is 10.6 Å². The fourth-order valence-corrected chi connectivity index (χ4v) is 3.82. The Kier molecular flexibility index (Phi) is 4.55. The van der Waals surface area contributed by atoms with Gasteiger partial charge in [0.25, 0.3) is 0 Å². The summed E-state index contributed by atoms with van der Waals surface area (Å²) in [5.74, 6) is -2.39. The highest BCUT2D eigenvalue weighted by Gasteiger charge is 2.30. The number of carbonyl (C=O) groups is 2. The van der Waals surface area contributed by atoms with Crippen LogP contribution in [0.3, 0.4) is 0 Å². The summed E-state index contributed by atoms with van der Waals surface area (Å²) in [4.78, 5) is 30.1. The number of amides is 3. The second kappa shape index (κ2) is 6.88. The normalized spacial score (nSPS) is 18.0. The van der Waals surface area contributed by atoms with Crippen molar-refractivity contribution in [3.8, 4) is 0 Å². The monoisotopic (exact) mass is 436 g/mol. The summed E-state index contributed by atoms with van der Waals surface area (Å²) in [5, 5.41) is 5.35. The summed E-state index contributed by atoms with van der Waals surface area (Å²) in [6, 6.07) is 3.48. The van der Waals surface area contributed by atoms with Crippen molar-refractivity contribution in [1.29, 1.82) is 0 Å². The molecule has 1 atom stereocenters. The molecule has 6 nitrogen and oxygen atoms in total. The molecule has 0 fully saturated rings. The molecule has 0 radical (unpaired) electrons. The summed E-state index contributed by atoms with van der Waals surface area (Å²) >= 11 is 3.37. The molecule has 140 valence electrons. The van der Waals surface area contributed by atoms with E-state index in [0.29, 0.717) is 0 Å². The van der Waals surface area contributed by atoms with Gasteiger partial charge in [-0.1, -0.05) is 0 Å². The number of nitrogens with zero attached hydrogens (tertiary/aromatic N) is 2. The average molecular weight is 437 g/mol. The molecule has 0 saturated carbocycles. The predicted octanol–water partition coefficient (Wildman–Crippen LogP) is 3.27. The molecule has 1 aliphatic carbocycles. The number of nitrogens with one attached hydrogen (secondary N) is 2. The van der Waals surface area contributed by atoms with E-state index in [2.05, 4.69) is 31.5 Å². The quantitative estimate of drug-likeness (QED) is 0.775. The van der Waals surface area contributed by atoms with Crippen LogP contribution in [0.25, 0.3) is 0 Å². The van der Waals surface area contributed by atoms with Gasteiger partial charge < -0.3 is 15.5 Å². The minimum Gasteiger partial charge on any atom is -0.346 e. The first-order chi connectivity index (χ1) is 12.9. The minimum atomic E-state index is -1.02. The van der Waals surface area contributed by atoms with Gasteiger partial charge in [-0.3, -0.25) is 9.78 Å². The van der Waals surface area contributed by atoms with E-state index in [9.17, 15) is 18.4 Å². The lowest BCUT2D eigenvalue weighted by Crippen LogP contribution is -2.45. The van der Waals surface area contributed by atoms with E-state index >= 15 is 0 Å². The zero-order valence-electron chi connectivity index (χ0n) is 14.1. The van der Waals surface area contributed by atoms with E-state index in [0.717, 1.165) is 39.5 Å². The Bertz CT molecular complexity index is 953. The van der Waals surface area contributed by atoms with Crippen molar-refractivity contribution in [2.24, 2.45) is 0 Å². The molecule has 1 aromatic carbocycles. The maximum Gasteiger partial charge on any atom is 0.322 e. The predicted molar refractivity (Wildman–Crippen MR) is 96.9 cm³/mol. The molecule has 2 N–H and O–H groups in total. The molecule has 1 aromatic heterocycles. The summed E-state index contributed by atoms with van der Waals surface area (Å²) in [6.45, 7) is -0.436. The van der Waals surface area contributed by atoms with Crippen LogP contribution in [0.5, 0.6) is 0 Å². The van der Waals surface area contributed by atoms with Crippen LogP contribution in [0, 0.1) is 11.6 Å². The number of aryl methyl sites for hydroxylation is 1. The van der Waals surface area contributed by atoms with Crippen LogP contribution in [0.4, 0.5) is 19.3 Å². The van der Waals surface area contributed by atoms with E-state index in [1.54, 1.807) is 6.20 Å². The van der Waals surface area contributed by atoms with E-state index in [4.69, 9.17) is 0 Å². The maximum atomic E-state index is 14.0. The first-order valence-corrected chi connectivity index (χ1v) is 9.18. The number of anilines is 1. The van der Waals surface area contributed by atoms with Gasteiger partial charge in [-0.2, -0.15) is 0 Å². The van der Waals surface area contributed by atoms with Crippen molar-refractivity contribution in [3.63, 3.8) is 0 Å². The van der Waals surface area contributed by atoms with Crippen molar-refractivity contribution in [1.82, 2.24) is 15.2 Å². The third-order valence-corrected chi connectivity index (χ3v) is 5.18. The highest BCUT2D eigenvalue weighted by atomic mass is 79.9. The smallest absolute Gasteiger partial charge is 0.322 e. The van der Waals surface area contributed by atoms with Gasteiger partial charge in [-0.15, -0.1) is 0 Å². The summed E-state index contributed by atoms with van der Waals surface area (Å²) in [5.41, 5.74) is 2.13. The summed E-state index contributed by atoms with van der Waals surface area (Å²) in [7, 11) is 0. The maximum absolute atomic E-state index is 14.0. The molecule has 4 rings (SSSR count). The molecule has 2 aromatic rings. The summed E-state index contributed by atoms with van der Waals surface area (Å²) in [6.07, 6.45) is 3.20.